The summed E-state index contributed by atoms with van der Waals surface area (Å²) in [5.41, 5.74) is 0.968. The summed E-state index contributed by atoms with van der Waals surface area (Å²) in [5, 5.41) is 3.67. The Balaban J connectivity index is 1.50. The van der Waals surface area contributed by atoms with Crippen LogP contribution in [0, 0.1) is 5.92 Å². The van der Waals surface area contributed by atoms with Gasteiger partial charge in [0.1, 0.15) is 0 Å². The first-order chi connectivity index (χ1) is 11.6. The van der Waals surface area contributed by atoms with Crippen LogP contribution in [-0.2, 0) is 6.54 Å². The molecule has 2 aliphatic rings. The fraction of sp³-hybridized carbons (Fsp3) is 0.667. The molecule has 1 aromatic rings. The maximum atomic E-state index is 12.5. The van der Waals surface area contributed by atoms with Gasteiger partial charge in [-0.2, -0.15) is 8.78 Å². The van der Waals surface area contributed by atoms with Gasteiger partial charge in [-0.3, -0.25) is 4.90 Å². The van der Waals surface area contributed by atoms with Gasteiger partial charge >= 0.3 is 6.61 Å². The van der Waals surface area contributed by atoms with Gasteiger partial charge in [0.2, 0.25) is 0 Å². The van der Waals surface area contributed by atoms with Gasteiger partial charge in [0.15, 0.2) is 11.5 Å². The average Bonchev–Trinajstić information content (AvgIpc) is 3.38. The Morgan fingerprint density at radius 3 is 2.54 bits per heavy atom. The Hall–Kier alpha value is -1.40. The maximum Gasteiger partial charge on any atom is 0.387 e. The quantitative estimate of drug-likeness (QED) is 0.788. The number of hydrogen-bond acceptors (Lipinski definition) is 4. The summed E-state index contributed by atoms with van der Waals surface area (Å²) < 4.78 is 34.7. The summed E-state index contributed by atoms with van der Waals surface area (Å²) in [5.74, 6) is 1.35. The van der Waals surface area contributed by atoms with Crippen molar-refractivity contribution in [2.75, 3.05) is 26.7 Å². The molecule has 1 heterocycles. The molecule has 1 aliphatic carbocycles. The van der Waals surface area contributed by atoms with E-state index in [4.69, 9.17) is 4.74 Å². The predicted octanol–water partition coefficient (Wildman–Crippen LogP) is 3.26. The second kappa shape index (κ2) is 8.12. The minimum absolute atomic E-state index is 0.103. The van der Waals surface area contributed by atoms with Crippen molar-refractivity contribution in [3.8, 4) is 11.5 Å². The van der Waals surface area contributed by atoms with Crippen LogP contribution in [0.1, 0.15) is 31.2 Å². The third-order valence-electron chi connectivity index (χ3n) is 4.83. The molecule has 24 heavy (non-hydrogen) atoms. The lowest BCUT2D eigenvalue weighted by atomic mass is 10.0. The number of halogens is 2. The molecule has 1 N–H and O–H groups in total. The summed E-state index contributed by atoms with van der Waals surface area (Å²) in [6.45, 7) is 1.12. The van der Waals surface area contributed by atoms with Gasteiger partial charge in [0.25, 0.3) is 0 Å². The zero-order valence-electron chi connectivity index (χ0n) is 14.1. The molecule has 3 rings (SSSR count). The lowest BCUT2D eigenvalue weighted by Gasteiger charge is -2.32. The SMILES string of the molecule is COc1ccc(CN2CCC(NCC3CC3)CC2)cc1OC(F)F. The fourth-order valence-corrected chi connectivity index (χ4v) is 3.22. The summed E-state index contributed by atoms with van der Waals surface area (Å²) in [7, 11) is 1.45. The van der Waals surface area contributed by atoms with Crippen molar-refractivity contribution in [2.24, 2.45) is 5.92 Å². The molecule has 1 saturated carbocycles. The Morgan fingerprint density at radius 1 is 1.17 bits per heavy atom. The fourth-order valence-electron chi connectivity index (χ4n) is 3.22. The highest BCUT2D eigenvalue weighted by atomic mass is 19.3. The highest BCUT2D eigenvalue weighted by Gasteiger charge is 2.24. The van der Waals surface area contributed by atoms with Gasteiger partial charge in [0.05, 0.1) is 7.11 Å². The van der Waals surface area contributed by atoms with Crippen molar-refractivity contribution >= 4 is 0 Å². The van der Waals surface area contributed by atoms with Crippen LogP contribution in [0.25, 0.3) is 0 Å². The van der Waals surface area contributed by atoms with E-state index in [9.17, 15) is 8.78 Å². The molecule has 4 nitrogen and oxygen atoms in total. The van der Waals surface area contributed by atoms with E-state index in [-0.39, 0.29) is 5.75 Å². The number of hydrogen-bond donors (Lipinski definition) is 1. The Labute approximate surface area is 142 Å². The van der Waals surface area contributed by atoms with Gasteiger partial charge in [-0.15, -0.1) is 0 Å². The van der Waals surface area contributed by atoms with Crippen LogP contribution in [0.5, 0.6) is 11.5 Å². The summed E-state index contributed by atoms with van der Waals surface area (Å²) in [6, 6.07) is 5.88. The van der Waals surface area contributed by atoms with E-state index in [1.54, 1.807) is 12.1 Å². The minimum atomic E-state index is -2.84. The zero-order valence-corrected chi connectivity index (χ0v) is 14.1. The molecular weight excluding hydrogens is 314 g/mol. The molecule has 1 saturated heterocycles. The van der Waals surface area contributed by atoms with Crippen molar-refractivity contribution in [3.05, 3.63) is 23.8 Å². The molecule has 2 fully saturated rings. The van der Waals surface area contributed by atoms with Gasteiger partial charge < -0.3 is 14.8 Å². The Kier molecular flexibility index (Phi) is 5.89. The van der Waals surface area contributed by atoms with Gasteiger partial charge in [-0.1, -0.05) is 6.07 Å². The lowest BCUT2D eigenvalue weighted by Crippen LogP contribution is -2.42. The molecule has 0 atom stereocenters. The third kappa shape index (κ3) is 5.05. The average molecular weight is 340 g/mol. The van der Waals surface area contributed by atoms with E-state index in [0.717, 1.165) is 50.5 Å². The molecule has 0 bridgehead atoms. The molecule has 0 unspecified atom stereocenters. The van der Waals surface area contributed by atoms with Crippen molar-refractivity contribution in [3.63, 3.8) is 0 Å². The van der Waals surface area contributed by atoms with E-state index in [0.29, 0.717) is 11.8 Å². The van der Waals surface area contributed by atoms with Gasteiger partial charge in [-0.05, 0) is 68.9 Å². The summed E-state index contributed by atoms with van der Waals surface area (Å²) in [4.78, 5) is 2.36. The topological polar surface area (TPSA) is 33.7 Å². The maximum absolute atomic E-state index is 12.5. The smallest absolute Gasteiger partial charge is 0.387 e. The molecule has 1 aliphatic heterocycles. The first-order valence-corrected chi connectivity index (χ1v) is 8.71. The third-order valence-corrected chi connectivity index (χ3v) is 4.83. The lowest BCUT2D eigenvalue weighted by molar-refractivity contribution is -0.0512. The number of benzene rings is 1. The van der Waals surface area contributed by atoms with Crippen LogP contribution in [0.4, 0.5) is 8.78 Å². The van der Waals surface area contributed by atoms with Crippen LogP contribution in [0.2, 0.25) is 0 Å². The second-order valence-corrected chi connectivity index (χ2v) is 6.77. The molecular formula is C18H26F2N2O2. The highest BCUT2D eigenvalue weighted by molar-refractivity contribution is 5.43. The largest absolute Gasteiger partial charge is 0.493 e. The van der Waals surface area contributed by atoms with E-state index in [1.807, 2.05) is 6.07 Å². The monoisotopic (exact) mass is 340 g/mol. The van der Waals surface area contributed by atoms with E-state index >= 15 is 0 Å². The molecule has 1 aromatic carbocycles. The van der Waals surface area contributed by atoms with Crippen LogP contribution in [0.15, 0.2) is 18.2 Å². The van der Waals surface area contributed by atoms with Crippen LogP contribution in [0.3, 0.4) is 0 Å². The minimum Gasteiger partial charge on any atom is -0.493 e. The van der Waals surface area contributed by atoms with Crippen LogP contribution in [-0.4, -0.2) is 44.3 Å². The van der Waals surface area contributed by atoms with Crippen LogP contribution < -0.4 is 14.8 Å². The highest BCUT2D eigenvalue weighted by Crippen LogP contribution is 2.30. The standard InChI is InChI=1S/C18H26F2N2O2/c1-23-16-5-4-14(10-17(16)24-18(19)20)12-22-8-6-15(7-9-22)21-11-13-2-3-13/h4-5,10,13,15,18,21H,2-3,6-9,11-12H2,1H3. The molecule has 0 aromatic heterocycles. The molecule has 6 heteroatoms. The van der Waals surface area contributed by atoms with E-state index in [2.05, 4.69) is 15.0 Å². The normalized spacial score (nSPS) is 19.7. The molecule has 0 radical (unpaired) electrons. The number of likely N-dealkylation sites (tertiary alicyclic amines) is 1. The van der Waals surface area contributed by atoms with Crippen molar-refractivity contribution < 1.29 is 18.3 Å². The number of alkyl halides is 2. The van der Waals surface area contributed by atoms with E-state index in [1.165, 1.54) is 20.0 Å². The number of nitrogens with one attached hydrogen (secondary N) is 1. The van der Waals surface area contributed by atoms with Crippen molar-refractivity contribution in [2.45, 2.75) is 44.9 Å². The number of ether oxygens (including phenoxy) is 2. The predicted molar refractivity (Wildman–Crippen MR) is 88.7 cm³/mol. The van der Waals surface area contributed by atoms with E-state index < -0.39 is 6.61 Å². The molecule has 134 valence electrons. The number of methoxy groups -OCH3 is 1. The first-order valence-electron chi connectivity index (χ1n) is 8.71. The first kappa shape index (κ1) is 17.4. The summed E-state index contributed by atoms with van der Waals surface area (Å²) >= 11 is 0. The Morgan fingerprint density at radius 2 is 1.92 bits per heavy atom. The molecule has 0 amide bonds. The van der Waals surface area contributed by atoms with Gasteiger partial charge in [-0.25, -0.2) is 0 Å². The van der Waals surface area contributed by atoms with Gasteiger partial charge in [0, 0.05) is 12.6 Å². The second-order valence-electron chi connectivity index (χ2n) is 6.77. The van der Waals surface area contributed by atoms with Crippen molar-refractivity contribution in [1.82, 2.24) is 10.2 Å². The number of piperidine rings is 1. The number of rotatable bonds is 8. The zero-order chi connectivity index (χ0) is 16.9. The number of nitrogens with zero attached hydrogens (tertiary/aromatic N) is 1. The van der Waals surface area contributed by atoms with Crippen LogP contribution >= 0.6 is 0 Å². The van der Waals surface area contributed by atoms with Crippen molar-refractivity contribution in [1.29, 1.82) is 0 Å². The summed E-state index contributed by atoms with van der Waals surface area (Å²) in [6.07, 6.45) is 5.05. The Bertz CT molecular complexity index is 530. The molecule has 0 spiro atoms.